The second-order valence-electron chi connectivity index (χ2n) is 1.78. The quantitative estimate of drug-likeness (QED) is 0.417. The van der Waals surface area contributed by atoms with Gasteiger partial charge in [0.25, 0.3) is 0 Å². The van der Waals surface area contributed by atoms with Crippen molar-refractivity contribution in [3.8, 4) is 0 Å². The van der Waals surface area contributed by atoms with E-state index in [0.717, 1.165) is 3.57 Å². The third-order valence-electron chi connectivity index (χ3n) is 1.10. The molecule has 0 saturated heterocycles. The summed E-state index contributed by atoms with van der Waals surface area (Å²) in [5.41, 5.74) is 0.364. The number of benzene rings is 1. The molecule has 0 heterocycles. The Morgan fingerprint density at radius 2 is 1.92 bits per heavy atom. The predicted molar refractivity (Wildman–Crippen MR) is 58.3 cm³/mol. The maximum absolute atomic E-state index is 10.4. The van der Waals surface area contributed by atoms with Gasteiger partial charge in [-0.1, -0.05) is 12.1 Å². The Morgan fingerprint density at radius 1 is 1.42 bits per heavy atom. The van der Waals surface area contributed by atoms with Gasteiger partial charge in [-0.25, -0.2) is 4.79 Å². The largest absolute Gasteiger partial charge is 1.00 e. The van der Waals surface area contributed by atoms with E-state index in [1.165, 1.54) is 0 Å². The summed E-state index contributed by atoms with van der Waals surface area (Å²) in [7, 11) is 0. The zero-order valence-electron chi connectivity index (χ0n) is 7.75. The number of carbonyl (C=O) groups is 1. The van der Waals surface area contributed by atoms with Crippen molar-refractivity contribution < 1.29 is 40.9 Å². The summed E-state index contributed by atoms with van der Waals surface area (Å²) < 4.78 is 0.771. The molecule has 0 saturated carbocycles. The molecule has 62 valence electrons. The van der Waals surface area contributed by atoms with Crippen molar-refractivity contribution in [1.29, 1.82) is 0 Å². The molecule has 2 nitrogen and oxygen atoms in total. The number of rotatable bonds is 1. The molecule has 0 bridgehead atoms. The number of halogens is 1. The van der Waals surface area contributed by atoms with Gasteiger partial charge in [0.2, 0.25) is 0 Å². The molecule has 0 aliphatic rings. The predicted octanol–water partition coefficient (Wildman–Crippen LogP) is -0.836. The molecule has 12 heavy (non-hydrogen) atoms. The summed E-state index contributed by atoms with van der Waals surface area (Å²) in [5.74, 6) is -0.870. The molecule has 1 aromatic carbocycles. The Labute approximate surface area is 112 Å². The van der Waals surface area contributed by atoms with Crippen molar-refractivity contribution in [2.75, 3.05) is 0 Å². The summed E-state index contributed by atoms with van der Waals surface area (Å²) in [6, 6.07) is 6.88. The second-order valence-corrected chi connectivity index (χ2v) is 2.95. The molecule has 1 aromatic rings. The van der Waals surface area contributed by atoms with Crippen molar-refractivity contribution in [2.45, 2.75) is 0 Å². The van der Waals surface area contributed by atoms with Crippen LogP contribution in [0.2, 0.25) is 0 Å². The van der Waals surface area contributed by atoms with Gasteiger partial charge in [-0.05, 0) is 34.7 Å². The van der Waals surface area contributed by atoms with Crippen molar-refractivity contribution in [2.24, 2.45) is 0 Å². The fourth-order valence-corrected chi connectivity index (χ4v) is 1.25. The average Bonchev–Trinajstić information content (AvgIpc) is 1.88. The van der Waals surface area contributed by atoms with Crippen LogP contribution < -0.4 is 29.6 Å². The van der Waals surface area contributed by atoms with E-state index in [0.29, 0.717) is 5.56 Å². The molecule has 0 spiro atoms. The van der Waals surface area contributed by atoms with Gasteiger partial charge in [0.1, 0.15) is 0 Å². The molecule has 0 radical (unpaired) electrons. The minimum Gasteiger partial charge on any atom is -1.00 e. The zero-order chi connectivity index (χ0) is 7.56. The first kappa shape index (κ1) is 15.3. The SMILES string of the molecule is O=C(O)c1ccccc1I.P.[H-].[Na+]. The van der Waals surface area contributed by atoms with Crippen LogP contribution in [0.3, 0.4) is 0 Å². The van der Waals surface area contributed by atoms with E-state index in [-0.39, 0.29) is 40.9 Å². The maximum Gasteiger partial charge on any atom is 1.00 e. The minimum atomic E-state index is -0.870. The second kappa shape index (κ2) is 7.27. The molecule has 1 rings (SSSR count). The van der Waals surface area contributed by atoms with Crippen LogP contribution in [-0.2, 0) is 0 Å². The minimum absolute atomic E-state index is 0. The van der Waals surface area contributed by atoms with Crippen LogP contribution in [0.5, 0.6) is 0 Å². The van der Waals surface area contributed by atoms with E-state index >= 15 is 0 Å². The van der Waals surface area contributed by atoms with Gasteiger partial charge in [-0.15, -0.1) is 0 Å². The third kappa shape index (κ3) is 4.19. The fraction of sp³-hybridized carbons (Fsp3) is 0. The molecule has 0 fully saturated rings. The number of hydrogen-bond donors (Lipinski definition) is 1. The molecule has 0 aromatic heterocycles. The topological polar surface area (TPSA) is 37.3 Å². The van der Waals surface area contributed by atoms with Crippen LogP contribution in [0.15, 0.2) is 24.3 Å². The van der Waals surface area contributed by atoms with E-state index in [1.807, 2.05) is 28.7 Å². The van der Waals surface area contributed by atoms with E-state index in [4.69, 9.17) is 5.11 Å². The van der Waals surface area contributed by atoms with Crippen LogP contribution in [0.4, 0.5) is 0 Å². The monoisotopic (exact) mass is 306 g/mol. The van der Waals surface area contributed by atoms with Crippen LogP contribution in [0, 0.1) is 3.57 Å². The number of carboxylic acids is 1. The van der Waals surface area contributed by atoms with Crippen LogP contribution >= 0.6 is 32.5 Å². The zero-order valence-corrected chi connectivity index (χ0v) is 12.3. The third-order valence-corrected chi connectivity index (χ3v) is 2.04. The van der Waals surface area contributed by atoms with Gasteiger partial charge < -0.3 is 6.53 Å². The van der Waals surface area contributed by atoms with Crippen molar-refractivity contribution in [3.63, 3.8) is 0 Å². The van der Waals surface area contributed by atoms with E-state index in [2.05, 4.69) is 0 Å². The van der Waals surface area contributed by atoms with Gasteiger partial charge >= 0.3 is 35.5 Å². The van der Waals surface area contributed by atoms with Crippen molar-refractivity contribution in [1.82, 2.24) is 0 Å². The molecule has 5 heteroatoms. The molecular weight excluding hydrogens is 297 g/mol. The summed E-state index contributed by atoms with van der Waals surface area (Å²) in [6.45, 7) is 0. The van der Waals surface area contributed by atoms with Crippen molar-refractivity contribution >= 4 is 38.5 Å². The van der Waals surface area contributed by atoms with Gasteiger partial charge in [0, 0.05) is 3.57 Å². The molecular formula is C7H9INaO2P. The van der Waals surface area contributed by atoms with Crippen molar-refractivity contribution in [3.05, 3.63) is 33.4 Å². The van der Waals surface area contributed by atoms with E-state index in [1.54, 1.807) is 18.2 Å². The Kier molecular flexibility index (Phi) is 9.29. The number of carboxylic acid groups (broad SMARTS) is 1. The van der Waals surface area contributed by atoms with Gasteiger partial charge in [-0.3, -0.25) is 0 Å². The Balaban J connectivity index is -0.000000333. The molecule has 1 unspecified atom stereocenters. The molecule has 0 aliphatic carbocycles. The summed E-state index contributed by atoms with van der Waals surface area (Å²) in [5, 5.41) is 8.56. The Bertz CT molecular complexity index is 272. The summed E-state index contributed by atoms with van der Waals surface area (Å²) in [4.78, 5) is 10.4. The molecule has 1 atom stereocenters. The first-order chi connectivity index (χ1) is 4.72. The van der Waals surface area contributed by atoms with Crippen LogP contribution in [-0.4, -0.2) is 11.1 Å². The maximum atomic E-state index is 10.4. The molecule has 0 aliphatic heterocycles. The Morgan fingerprint density at radius 3 is 2.25 bits per heavy atom. The molecule has 0 amide bonds. The first-order valence-corrected chi connectivity index (χ1v) is 3.77. The summed E-state index contributed by atoms with van der Waals surface area (Å²) >= 11 is 1.99. The normalized spacial score (nSPS) is 7.75. The first-order valence-electron chi connectivity index (χ1n) is 2.69. The average molecular weight is 306 g/mol. The number of aromatic carboxylic acids is 1. The standard InChI is InChI=1S/C7H5IO2.Na.H3P.H/c8-6-4-2-1-3-5(6)7(9)10;;;/h1-4H,(H,9,10);;1H3;/q;+1;;-1. The number of hydrogen-bond acceptors (Lipinski definition) is 1. The smallest absolute Gasteiger partial charge is 1.00 e. The van der Waals surface area contributed by atoms with E-state index in [9.17, 15) is 4.79 Å². The van der Waals surface area contributed by atoms with Gasteiger partial charge in [0.05, 0.1) is 5.56 Å². The van der Waals surface area contributed by atoms with Crippen LogP contribution in [0.25, 0.3) is 0 Å². The van der Waals surface area contributed by atoms with E-state index < -0.39 is 5.97 Å². The van der Waals surface area contributed by atoms with Gasteiger partial charge in [-0.2, -0.15) is 9.90 Å². The van der Waals surface area contributed by atoms with Crippen LogP contribution in [0.1, 0.15) is 11.8 Å². The van der Waals surface area contributed by atoms with Gasteiger partial charge in [0.15, 0.2) is 0 Å². The summed E-state index contributed by atoms with van der Waals surface area (Å²) in [6.07, 6.45) is 0. The molecule has 1 N–H and O–H groups in total. The Hall–Kier alpha value is 0.850. The fourth-order valence-electron chi connectivity index (χ4n) is 0.635.